The molecular formula is C20H19FN4O2. The van der Waals surface area contributed by atoms with Gasteiger partial charge in [-0.2, -0.15) is 4.98 Å². The van der Waals surface area contributed by atoms with E-state index in [4.69, 9.17) is 4.52 Å². The Kier molecular flexibility index (Phi) is 4.91. The molecule has 1 fully saturated rings. The first-order valence-electron chi connectivity index (χ1n) is 8.92. The smallest absolute Gasteiger partial charge is 0.258 e. The quantitative estimate of drug-likeness (QED) is 0.694. The second-order valence-corrected chi connectivity index (χ2v) is 6.76. The van der Waals surface area contributed by atoms with Gasteiger partial charge in [0.2, 0.25) is 5.91 Å². The lowest BCUT2D eigenvalue weighted by molar-refractivity contribution is -0.129. The van der Waals surface area contributed by atoms with Crippen molar-refractivity contribution in [3.63, 3.8) is 0 Å². The molecule has 4 rings (SSSR count). The lowest BCUT2D eigenvalue weighted by Gasteiger charge is -2.16. The summed E-state index contributed by atoms with van der Waals surface area (Å²) in [6.45, 7) is 1.36. The van der Waals surface area contributed by atoms with Crippen molar-refractivity contribution in [3.8, 4) is 11.5 Å². The van der Waals surface area contributed by atoms with Gasteiger partial charge in [0.1, 0.15) is 5.82 Å². The summed E-state index contributed by atoms with van der Waals surface area (Å²) in [6.07, 6.45) is 5.14. The molecule has 0 radical (unpaired) electrons. The molecule has 0 saturated carbocycles. The lowest BCUT2D eigenvalue weighted by atomic mass is 10.0. The number of benzene rings is 1. The number of halogens is 1. The second kappa shape index (κ2) is 7.65. The number of hydrogen-bond donors (Lipinski definition) is 0. The van der Waals surface area contributed by atoms with Gasteiger partial charge in [-0.25, -0.2) is 4.39 Å². The molecule has 3 heterocycles. The van der Waals surface area contributed by atoms with Gasteiger partial charge >= 0.3 is 0 Å². The molecule has 7 heteroatoms. The first kappa shape index (κ1) is 17.3. The predicted octanol–water partition coefficient (Wildman–Crippen LogP) is 2.90. The maximum atomic E-state index is 13.3. The lowest BCUT2D eigenvalue weighted by Crippen LogP contribution is -2.30. The van der Waals surface area contributed by atoms with Crippen LogP contribution in [0.4, 0.5) is 4.39 Å². The number of pyridine rings is 1. The van der Waals surface area contributed by atoms with Crippen molar-refractivity contribution in [3.05, 3.63) is 66.0 Å². The molecule has 2 aromatic heterocycles. The van der Waals surface area contributed by atoms with Crippen LogP contribution in [-0.4, -0.2) is 39.0 Å². The van der Waals surface area contributed by atoms with E-state index in [0.29, 0.717) is 42.7 Å². The van der Waals surface area contributed by atoms with Gasteiger partial charge in [0.15, 0.2) is 5.82 Å². The van der Waals surface area contributed by atoms with E-state index >= 15 is 0 Å². The molecule has 1 aromatic carbocycles. The van der Waals surface area contributed by atoms with Crippen LogP contribution in [0, 0.1) is 11.7 Å². The van der Waals surface area contributed by atoms with Gasteiger partial charge in [0, 0.05) is 37.5 Å². The molecule has 0 N–H and O–H groups in total. The van der Waals surface area contributed by atoms with Crippen molar-refractivity contribution in [1.82, 2.24) is 20.0 Å². The molecule has 1 amide bonds. The summed E-state index contributed by atoms with van der Waals surface area (Å²) in [4.78, 5) is 22.7. The average molecular weight is 366 g/mol. The van der Waals surface area contributed by atoms with Gasteiger partial charge in [-0.1, -0.05) is 17.3 Å². The van der Waals surface area contributed by atoms with Crippen LogP contribution >= 0.6 is 0 Å². The fourth-order valence-electron chi connectivity index (χ4n) is 3.37. The molecule has 138 valence electrons. The first-order valence-corrected chi connectivity index (χ1v) is 8.92. The number of hydrogen-bond acceptors (Lipinski definition) is 5. The molecule has 0 aliphatic carbocycles. The third kappa shape index (κ3) is 4.19. The topological polar surface area (TPSA) is 72.1 Å². The van der Waals surface area contributed by atoms with E-state index in [2.05, 4.69) is 15.1 Å². The summed E-state index contributed by atoms with van der Waals surface area (Å²) in [6, 6.07) is 9.82. The van der Waals surface area contributed by atoms with Gasteiger partial charge in [-0.3, -0.25) is 9.78 Å². The molecule has 1 aliphatic rings. The second-order valence-electron chi connectivity index (χ2n) is 6.76. The summed E-state index contributed by atoms with van der Waals surface area (Å²) in [5.74, 6) is 1.12. The molecule has 1 atom stereocenters. The number of carbonyl (C=O) groups excluding carboxylic acids is 1. The van der Waals surface area contributed by atoms with E-state index in [1.807, 2.05) is 17.0 Å². The van der Waals surface area contributed by atoms with E-state index in [9.17, 15) is 9.18 Å². The van der Waals surface area contributed by atoms with E-state index in [1.54, 1.807) is 24.5 Å². The molecule has 3 aromatic rings. The number of carbonyl (C=O) groups is 1. The van der Waals surface area contributed by atoms with Crippen molar-refractivity contribution in [1.29, 1.82) is 0 Å². The number of rotatable bonds is 5. The number of aromatic nitrogens is 3. The Labute approximate surface area is 156 Å². The van der Waals surface area contributed by atoms with Gasteiger partial charge in [-0.05, 0) is 42.2 Å². The van der Waals surface area contributed by atoms with E-state index in [0.717, 1.165) is 12.0 Å². The molecule has 1 saturated heterocycles. The highest BCUT2D eigenvalue weighted by Gasteiger charge is 2.27. The predicted molar refractivity (Wildman–Crippen MR) is 96.0 cm³/mol. The SMILES string of the molecule is O=C(Cc1cccc(F)c1)N1CCC(Cc2noc(-c3ccncc3)n2)C1. The zero-order valence-electron chi connectivity index (χ0n) is 14.7. The van der Waals surface area contributed by atoms with Crippen LogP contribution in [0.1, 0.15) is 17.8 Å². The Balaban J connectivity index is 1.33. The number of amides is 1. The summed E-state index contributed by atoms with van der Waals surface area (Å²) in [5, 5.41) is 4.05. The molecule has 1 aliphatic heterocycles. The summed E-state index contributed by atoms with van der Waals surface area (Å²) in [5.41, 5.74) is 1.53. The Bertz CT molecular complexity index is 928. The first-order chi connectivity index (χ1) is 13.2. The normalized spacial score (nSPS) is 16.6. The highest BCUT2D eigenvalue weighted by Crippen LogP contribution is 2.22. The van der Waals surface area contributed by atoms with Crippen LogP contribution in [0.15, 0.2) is 53.3 Å². The highest BCUT2D eigenvalue weighted by atomic mass is 19.1. The van der Waals surface area contributed by atoms with E-state index < -0.39 is 0 Å². The summed E-state index contributed by atoms with van der Waals surface area (Å²) in [7, 11) is 0. The number of nitrogens with zero attached hydrogens (tertiary/aromatic N) is 4. The Morgan fingerprint density at radius 1 is 1.26 bits per heavy atom. The Morgan fingerprint density at radius 2 is 2.11 bits per heavy atom. The van der Waals surface area contributed by atoms with Crippen molar-refractivity contribution < 1.29 is 13.7 Å². The van der Waals surface area contributed by atoms with Crippen LogP contribution in [0.5, 0.6) is 0 Å². The molecule has 27 heavy (non-hydrogen) atoms. The van der Waals surface area contributed by atoms with Crippen LogP contribution < -0.4 is 0 Å². The van der Waals surface area contributed by atoms with Gasteiger partial charge in [0.05, 0.1) is 6.42 Å². The van der Waals surface area contributed by atoms with Crippen molar-refractivity contribution in [2.75, 3.05) is 13.1 Å². The standard InChI is InChI=1S/C20H19FN4O2/c21-17-3-1-2-14(10-17)12-19(26)25-9-6-15(13-25)11-18-23-20(27-24-18)16-4-7-22-8-5-16/h1-5,7-8,10,15H,6,9,11-13H2. The third-order valence-corrected chi connectivity index (χ3v) is 4.75. The molecule has 1 unspecified atom stereocenters. The molecule has 0 spiro atoms. The van der Waals surface area contributed by atoms with Gasteiger partial charge in [0.25, 0.3) is 5.89 Å². The zero-order valence-corrected chi connectivity index (χ0v) is 14.7. The van der Waals surface area contributed by atoms with Crippen molar-refractivity contribution in [2.45, 2.75) is 19.3 Å². The van der Waals surface area contributed by atoms with E-state index in [-0.39, 0.29) is 18.1 Å². The number of likely N-dealkylation sites (tertiary alicyclic amines) is 1. The average Bonchev–Trinajstić information content (AvgIpc) is 3.33. The zero-order chi connectivity index (χ0) is 18.6. The van der Waals surface area contributed by atoms with Crippen LogP contribution in [0.25, 0.3) is 11.5 Å². The highest BCUT2D eigenvalue weighted by molar-refractivity contribution is 5.79. The molecule has 0 bridgehead atoms. The third-order valence-electron chi connectivity index (χ3n) is 4.75. The van der Waals surface area contributed by atoms with Crippen molar-refractivity contribution in [2.24, 2.45) is 5.92 Å². The minimum absolute atomic E-state index is 0.0219. The van der Waals surface area contributed by atoms with Crippen LogP contribution in [0.3, 0.4) is 0 Å². The summed E-state index contributed by atoms with van der Waals surface area (Å²) >= 11 is 0. The summed E-state index contributed by atoms with van der Waals surface area (Å²) < 4.78 is 18.6. The van der Waals surface area contributed by atoms with E-state index in [1.165, 1.54) is 12.1 Å². The largest absolute Gasteiger partial charge is 0.342 e. The fraction of sp³-hybridized carbons (Fsp3) is 0.300. The Hall–Kier alpha value is -3.09. The minimum Gasteiger partial charge on any atom is -0.342 e. The maximum Gasteiger partial charge on any atom is 0.258 e. The monoisotopic (exact) mass is 366 g/mol. The minimum atomic E-state index is -0.318. The van der Waals surface area contributed by atoms with Gasteiger partial charge < -0.3 is 9.42 Å². The van der Waals surface area contributed by atoms with Crippen LogP contribution in [0.2, 0.25) is 0 Å². The van der Waals surface area contributed by atoms with Crippen molar-refractivity contribution >= 4 is 5.91 Å². The van der Waals surface area contributed by atoms with Gasteiger partial charge in [-0.15, -0.1) is 0 Å². The van der Waals surface area contributed by atoms with Crippen LogP contribution in [-0.2, 0) is 17.6 Å². The maximum absolute atomic E-state index is 13.3. The fourth-order valence-corrected chi connectivity index (χ4v) is 3.37. The molecular weight excluding hydrogens is 347 g/mol. The molecule has 6 nitrogen and oxygen atoms in total. The Morgan fingerprint density at radius 3 is 2.93 bits per heavy atom.